The highest BCUT2D eigenvalue weighted by atomic mass is 35.5. The van der Waals surface area contributed by atoms with Crippen LogP contribution < -0.4 is 4.31 Å². The SMILES string of the molecule is Cc1ccc(S(=O)(=O)N(CC(C)F)c2ccc(Cl)cc2)cc1. The third kappa shape index (κ3) is 3.78. The molecule has 0 N–H and O–H groups in total. The molecule has 1 atom stereocenters. The predicted octanol–water partition coefficient (Wildman–Crippen LogP) is 4.20. The fourth-order valence-corrected chi connectivity index (χ4v) is 3.68. The molecule has 0 aliphatic carbocycles. The topological polar surface area (TPSA) is 37.4 Å². The fraction of sp³-hybridized carbons (Fsp3) is 0.250. The van der Waals surface area contributed by atoms with E-state index in [0.29, 0.717) is 10.7 Å². The molecule has 118 valence electrons. The molecule has 0 spiro atoms. The van der Waals surface area contributed by atoms with Crippen LogP contribution in [0.1, 0.15) is 12.5 Å². The van der Waals surface area contributed by atoms with Gasteiger partial charge in [-0.25, -0.2) is 12.8 Å². The van der Waals surface area contributed by atoms with Crippen molar-refractivity contribution in [2.45, 2.75) is 24.9 Å². The molecule has 0 saturated heterocycles. The molecule has 0 saturated carbocycles. The zero-order chi connectivity index (χ0) is 16.3. The standard InChI is InChI=1S/C16H17ClFNO2S/c1-12-3-9-16(10-4-12)22(20,21)19(11-13(2)18)15-7-5-14(17)6-8-15/h3-10,13H,11H2,1-2H3. The monoisotopic (exact) mass is 341 g/mol. The molecule has 0 fully saturated rings. The Kier molecular flexibility index (Phi) is 5.08. The van der Waals surface area contributed by atoms with E-state index in [0.717, 1.165) is 9.87 Å². The van der Waals surface area contributed by atoms with Crippen molar-refractivity contribution in [1.29, 1.82) is 0 Å². The summed E-state index contributed by atoms with van der Waals surface area (Å²) in [6.45, 7) is 2.95. The van der Waals surface area contributed by atoms with Crippen molar-refractivity contribution in [1.82, 2.24) is 0 Å². The van der Waals surface area contributed by atoms with E-state index < -0.39 is 16.2 Å². The number of hydrogen-bond donors (Lipinski definition) is 0. The number of benzene rings is 2. The van der Waals surface area contributed by atoms with Crippen LogP contribution >= 0.6 is 11.6 Å². The van der Waals surface area contributed by atoms with Gasteiger partial charge in [-0.1, -0.05) is 29.3 Å². The van der Waals surface area contributed by atoms with Crippen LogP contribution in [0.4, 0.5) is 10.1 Å². The van der Waals surface area contributed by atoms with Crippen LogP contribution in [0.3, 0.4) is 0 Å². The zero-order valence-electron chi connectivity index (χ0n) is 12.3. The quantitative estimate of drug-likeness (QED) is 0.817. The summed E-state index contributed by atoms with van der Waals surface area (Å²) in [6.07, 6.45) is -1.30. The minimum absolute atomic E-state index is 0.133. The normalized spacial score (nSPS) is 12.9. The molecule has 0 aliphatic heterocycles. The highest BCUT2D eigenvalue weighted by Gasteiger charge is 2.26. The molecule has 2 aromatic carbocycles. The molecular formula is C16H17ClFNO2S. The Labute approximate surface area is 135 Å². The maximum Gasteiger partial charge on any atom is 0.264 e. The Morgan fingerprint density at radius 3 is 2.14 bits per heavy atom. The van der Waals surface area contributed by atoms with Crippen LogP contribution in [0.15, 0.2) is 53.4 Å². The number of rotatable bonds is 5. The highest BCUT2D eigenvalue weighted by Crippen LogP contribution is 2.26. The Bertz CT molecular complexity index is 728. The zero-order valence-corrected chi connectivity index (χ0v) is 13.9. The summed E-state index contributed by atoms with van der Waals surface area (Å²) >= 11 is 5.83. The van der Waals surface area contributed by atoms with Crippen molar-refractivity contribution >= 4 is 27.3 Å². The van der Waals surface area contributed by atoms with E-state index in [1.165, 1.54) is 19.1 Å². The lowest BCUT2D eigenvalue weighted by Crippen LogP contribution is -2.35. The van der Waals surface area contributed by atoms with Gasteiger partial charge in [0.25, 0.3) is 10.0 Å². The van der Waals surface area contributed by atoms with E-state index in [9.17, 15) is 12.8 Å². The largest absolute Gasteiger partial charge is 0.264 e. The molecule has 0 radical (unpaired) electrons. The van der Waals surface area contributed by atoms with E-state index in [1.54, 1.807) is 36.4 Å². The summed E-state index contributed by atoms with van der Waals surface area (Å²) in [5.74, 6) is 0. The second-order valence-electron chi connectivity index (χ2n) is 5.11. The van der Waals surface area contributed by atoms with Crippen molar-refractivity contribution in [3.05, 3.63) is 59.1 Å². The lowest BCUT2D eigenvalue weighted by molar-refractivity contribution is 0.370. The summed E-state index contributed by atoms with van der Waals surface area (Å²) in [5, 5.41) is 0.490. The van der Waals surface area contributed by atoms with E-state index >= 15 is 0 Å². The smallest absolute Gasteiger partial charge is 0.263 e. The lowest BCUT2D eigenvalue weighted by Gasteiger charge is -2.25. The first-order valence-electron chi connectivity index (χ1n) is 6.80. The first kappa shape index (κ1) is 16.8. The Morgan fingerprint density at radius 1 is 1.09 bits per heavy atom. The minimum atomic E-state index is -3.83. The number of nitrogens with zero attached hydrogens (tertiary/aromatic N) is 1. The van der Waals surface area contributed by atoms with Gasteiger partial charge < -0.3 is 0 Å². The predicted molar refractivity (Wildman–Crippen MR) is 87.7 cm³/mol. The molecule has 1 unspecified atom stereocenters. The molecular weight excluding hydrogens is 325 g/mol. The highest BCUT2D eigenvalue weighted by molar-refractivity contribution is 7.92. The van der Waals surface area contributed by atoms with Gasteiger partial charge in [-0.05, 0) is 50.2 Å². The molecule has 22 heavy (non-hydrogen) atoms. The molecule has 3 nitrogen and oxygen atoms in total. The van der Waals surface area contributed by atoms with Gasteiger partial charge in [0.15, 0.2) is 0 Å². The molecule has 6 heteroatoms. The minimum Gasteiger partial charge on any atom is -0.263 e. The Hall–Kier alpha value is -1.59. The maximum atomic E-state index is 13.5. The number of sulfonamides is 1. The number of aryl methyl sites for hydroxylation is 1. The van der Waals surface area contributed by atoms with Gasteiger partial charge in [0.1, 0.15) is 6.17 Å². The molecule has 0 amide bonds. The van der Waals surface area contributed by atoms with Crippen LogP contribution in [0, 0.1) is 6.92 Å². The number of anilines is 1. The maximum absolute atomic E-state index is 13.5. The van der Waals surface area contributed by atoms with Crippen molar-refractivity contribution in [2.24, 2.45) is 0 Å². The Morgan fingerprint density at radius 2 is 1.64 bits per heavy atom. The van der Waals surface area contributed by atoms with E-state index in [-0.39, 0.29) is 11.4 Å². The van der Waals surface area contributed by atoms with Crippen LogP contribution in [0.25, 0.3) is 0 Å². The van der Waals surface area contributed by atoms with Crippen molar-refractivity contribution in [3.63, 3.8) is 0 Å². The summed E-state index contributed by atoms with van der Waals surface area (Å²) < 4.78 is 40.1. The lowest BCUT2D eigenvalue weighted by atomic mass is 10.2. The van der Waals surface area contributed by atoms with E-state index in [1.807, 2.05) is 6.92 Å². The third-order valence-electron chi connectivity index (χ3n) is 3.14. The molecule has 0 aliphatic rings. The number of halogens is 2. The third-order valence-corrected chi connectivity index (χ3v) is 5.20. The molecule has 2 aromatic rings. The molecule has 0 heterocycles. The van der Waals surface area contributed by atoms with Crippen LogP contribution in [0.2, 0.25) is 5.02 Å². The second kappa shape index (κ2) is 6.67. The Balaban J connectivity index is 2.48. The van der Waals surface area contributed by atoms with Gasteiger partial charge in [0.05, 0.1) is 17.1 Å². The summed E-state index contributed by atoms with van der Waals surface area (Å²) in [4.78, 5) is 0.133. The first-order chi connectivity index (χ1) is 10.3. The van der Waals surface area contributed by atoms with Gasteiger partial charge in [-0.2, -0.15) is 0 Å². The van der Waals surface area contributed by atoms with Crippen LogP contribution in [0.5, 0.6) is 0 Å². The first-order valence-corrected chi connectivity index (χ1v) is 8.61. The van der Waals surface area contributed by atoms with E-state index in [4.69, 9.17) is 11.6 Å². The van der Waals surface area contributed by atoms with Crippen molar-refractivity contribution < 1.29 is 12.8 Å². The van der Waals surface area contributed by atoms with Gasteiger partial charge in [0, 0.05) is 5.02 Å². The molecule has 0 bridgehead atoms. The van der Waals surface area contributed by atoms with E-state index in [2.05, 4.69) is 0 Å². The average molecular weight is 342 g/mol. The van der Waals surface area contributed by atoms with Gasteiger partial charge >= 0.3 is 0 Å². The van der Waals surface area contributed by atoms with Gasteiger partial charge in [-0.15, -0.1) is 0 Å². The number of hydrogen-bond acceptors (Lipinski definition) is 2. The van der Waals surface area contributed by atoms with Crippen molar-refractivity contribution in [2.75, 3.05) is 10.8 Å². The second-order valence-corrected chi connectivity index (χ2v) is 7.41. The number of alkyl halides is 1. The van der Waals surface area contributed by atoms with Gasteiger partial charge in [-0.3, -0.25) is 4.31 Å². The molecule has 0 aromatic heterocycles. The van der Waals surface area contributed by atoms with Crippen LogP contribution in [-0.2, 0) is 10.0 Å². The average Bonchev–Trinajstić information content (AvgIpc) is 2.46. The van der Waals surface area contributed by atoms with Gasteiger partial charge in [0.2, 0.25) is 0 Å². The van der Waals surface area contributed by atoms with Crippen molar-refractivity contribution in [3.8, 4) is 0 Å². The molecule has 2 rings (SSSR count). The van der Waals surface area contributed by atoms with Crippen LogP contribution in [-0.4, -0.2) is 21.1 Å². The fourth-order valence-electron chi connectivity index (χ4n) is 2.02. The summed E-state index contributed by atoms with van der Waals surface area (Å²) in [6, 6.07) is 12.8. The summed E-state index contributed by atoms with van der Waals surface area (Å²) in [7, 11) is -3.83. The summed E-state index contributed by atoms with van der Waals surface area (Å²) in [5.41, 5.74) is 1.34.